The second-order valence-electron chi connectivity index (χ2n) is 6.87. The summed E-state index contributed by atoms with van der Waals surface area (Å²) in [6.07, 6.45) is 2.46. The normalized spacial score (nSPS) is 34.6. The number of carbonyl (C=O) groups is 1. The summed E-state index contributed by atoms with van der Waals surface area (Å²) in [6, 6.07) is 0.971. The van der Waals surface area contributed by atoms with E-state index in [0.717, 1.165) is 19.7 Å². The van der Waals surface area contributed by atoms with Gasteiger partial charge in [0.05, 0.1) is 24.8 Å². The standard InChI is InChI=1S/C16H31N3O2/c1-11-6-7-12(2)19(11)14(4)16(20)17-13(3)15-10-18(5)8-9-21-15/h11-15H,6-10H2,1-5H3,(H,17,20)/t11-,12+,13-,14-,15-/m0/s1. The fraction of sp³-hybridized carbons (Fsp3) is 0.938. The number of carbonyl (C=O) groups excluding carboxylic acids is 1. The van der Waals surface area contributed by atoms with Crippen molar-refractivity contribution >= 4 is 5.91 Å². The lowest BCUT2D eigenvalue weighted by Crippen LogP contribution is -2.56. The highest BCUT2D eigenvalue weighted by Crippen LogP contribution is 2.26. The molecule has 0 saturated carbocycles. The van der Waals surface area contributed by atoms with E-state index < -0.39 is 0 Å². The van der Waals surface area contributed by atoms with Crippen LogP contribution in [0.4, 0.5) is 0 Å². The van der Waals surface area contributed by atoms with E-state index in [0.29, 0.717) is 12.1 Å². The number of nitrogens with one attached hydrogen (secondary N) is 1. The van der Waals surface area contributed by atoms with E-state index in [2.05, 4.69) is 36.0 Å². The lowest BCUT2D eigenvalue weighted by atomic mass is 10.1. The Hall–Kier alpha value is -0.650. The van der Waals surface area contributed by atoms with E-state index in [-0.39, 0.29) is 24.1 Å². The topological polar surface area (TPSA) is 44.8 Å². The first-order valence-corrected chi connectivity index (χ1v) is 8.28. The molecule has 0 aromatic carbocycles. The Morgan fingerprint density at radius 2 is 1.86 bits per heavy atom. The van der Waals surface area contributed by atoms with Crippen molar-refractivity contribution in [3.05, 3.63) is 0 Å². The van der Waals surface area contributed by atoms with Crippen LogP contribution in [-0.4, -0.2) is 72.7 Å². The number of rotatable bonds is 4. The highest BCUT2D eigenvalue weighted by atomic mass is 16.5. The zero-order valence-electron chi connectivity index (χ0n) is 14.1. The SMILES string of the molecule is C[C@H](NC(=O)[C@H](C)N1[C@H](C)CC[C@@H]1C)[C@@H]1CN(C)CCO1. The van der Waals surface area contributed by atoms with Gasteiger partial charge < -0.3 is 15.0 Å². The van der Waals surface area contributed by atoms with Gasteiger partial charge in [-0.25, -0.2) is 0 Å². The highest BCUT2D eigenvalue weighted by Gasteiger charge is 2.35. The van der Waals surface area contributed by atoms with E-state index in [4.69, 9.17) is 4.74 Å². The molecule has 5 atom stereocenters. The minimum absolute atomic E-state index is 0.0518. The fourth-order valence-corrected chi connectivity index (χ4v) is 3.67. The molecule has 0 radical (unpaired) electrons. The first-order valence-electron chi connectivity index (χ1n) is 8.28. The van der Waals surface area contributed by atoms with Gasteiger partial charge in [-0.3, -0.25) is 9.69 Å². The molecule has 2 heterocycles. The molecule has 2 saturated heterocycles. The molecule has 2 rings (SSSR count). The Bertz CT molecular complexity index is 353. The molecular formula is C16H31N3O2. The summed E-state index contributed by atoms with van der Waals surface area (Å²) in [5.41, 5.74) is 0. The molecular weight excluding hydrogens is 266 g/mol. The Balaban J connectivity index is 1.88. The van der Waals surface area contributed by atoms with E-state index in [9.17, 15) is 4.79 Å². The third-order valence-electron chi connectivity index (χ3n) is 5.07. The zero-order valence-corrected chi connectivity index (χ0v) is 14.1. The van der Waals surface area contributed by atoms with Crippen LogP contribution in [0.15, 0.2) is 0 Å². The zero-order chi connectivity index (χ0) is 15.6. The molecule has 2 aliphatic rings. The van der Waals surface area contributed by atoms with Crippen molar-refractivity contribution in [2.45, 2.75) is 70.8 Å². The number of hydrogen-bond donors (Lipinski definition) is 1. The van der Waals surface area contributed by atoms with Crippen LogP contribution in [0, 0.1) is 0 Å². The van der Waals surface area contributed by atoms with Crippen molar-refractivity contribution in [2.75, 3.05) is 26.7 Å². The maximum Gasteiger partial charge on any atom is 0.237 e. The van der Waals surface area contributed by atoms with Gasteiger partial charge in [0.2, 0.25) is 5.91 Å². The smallest absolute Gasteiger partial charge is 0.237 e. The molecule has 0 spiro atoms. The minimum atomic E-state index is -0.0683. The maximum atomic E-state index is 12.5. The summed E-state index contributed by atoms with van der Waals surface area (Å²) in [5.74, 6) is 0.125. The van der Waals surface area contributed by atoms with Gasteiger partial charge >= 0.3 is 0 Å². The lowest BCUT2D eigenvalue weighted by Gasteiger charge is -2.36. The molecule has 0 bridgehead atoms. The van der Waals surface area contributed by atoms with Gasteiger partial charge in [0.25, 0.3) is 0 Å². The second kappa shape index (κ2) is 7.07. The average molecular weight is 297 g/mol. The first kappa shape index (κ1) is 16.7. The van der Waals surface area contributed by atoms with Crippen LogP contribution < -0.4 is 5.32 Å². The highest BCUT2D eigenvalue weighted by molar-refractivity contribution is 5.81. The number of ether oxygens (including phenoxy) is 1. The second-order valence-corrected chi connectivity index (χ2v) is 6.87. The van der Waals surface area contributed by atoms with Crippen LogP contribution in [0.25, 0.3) is 0 Å². The van der Waals surface area contributed by atoms with Gasteiger partial charge in [-0.05, 0) is 47.6 Å². The quantitative estimate of drug-likeness (QED) is 0.843. The molecule has 122 valence electrons. The predicted octanol–water partition coefficient (Wildman–Crippen LogP) is 1.08. The number of morpholine rings is 1. The van der Waals surface area contributed by atoms with E-state index in [1.807, 2.05) is 13.8 Å². The van der Waals surface area contributed by atoms with Gasteiger partial charge in [0.15, 0.2) is 0 Å². The monoisotopic (exact) mass is 297 g/mol. The Labute approximate surface area is 129 Å². The first-order chi connectivity index (χ1) is 9.90. The van der Waals surface area contributed by atoms with E-state index in [1.54, 1.807) is 0 Å². The number of amides is 1. The average Bonchev–Trinajstić information content (AvgIpc) is 2.77. The summed E-state index contributed by atoms with van der Waals surface area (Å²) in [5, 5.41) is 3.16. The van der Waals surface area contributed by atoms with Crippen LogP contribution in [0.2, 0.25) is 0 Å². The fourth-order valence-electron chi connectivity index (χ4n) is 3.67. The molecule has 2 fully saturated rings. The number of nitrogens with zero attached hydrogens (tertiary/aromatic N) is 2. The molecule has 21 heavy (non-hydrogen) atoms. The van der Waals surface area contributed by atoms with Crippen molar-refractivity contribution in [2.24, 2.45) is 0 Å². The molecule has 5 heteroatoms. The van der Waals surface area contributed by atoms with Crippen molar-refractivity contribution in [1.29, 1.82) is 0 Å². The minimum Gasteiger partial charge on any atom is -0.373 e. The van der Waals surface area contributed by atoms with Crippen molar-refractivity contribution in [3.63, 3.8) is 0 Å². The summed E-state index contributed by atoms with van der Waals surface area (Å²) < 4.78 is 5.79. The van der Waals surface area contributed by atoms with Crippen LogP contribution in [0.1, 0.15) is 40.5 Å². The lowest BCUT2D eigenvalue weighted by molar-refractivity contribution is -0.129. The molecule has 1 amide bonds. The maximum absolute atomic E-state index is 12.5. The van der Waals surface area contributed by atoms with Gasteiger partial charge in [-0.2, -0.15) is 0 Å². The molecule has 1 N–H and O–H groups in total. The summed E-state index contributed by atoms with van der Waals surface area (Å²) in [7, 11) is 2.10. The van der Waals surface area contributed by atoms with E-state index in [1.165, 1.54) is 12.8 Å². The third-order valence-corrected chi connectivity index (χ3v) is 5.07. The molecule has 0 aliphatic carbocycles. The molecule has 2 aliphatic heterocycles. The summed E-state index contributed by atoms with van der Waals surface area (Å²) in [4.78, 5) is 17.1. The largest absolute Gasteiger partial charge is 0.373 e. The van der Waals surface area contributed by atoms with Crippen molar-refractivity contribution in [1.82, 2.24) is 15.1 Å². The summed E-state index contributed by atoms with van der Waals surface area (Å²) in [6.45, 7) is 11.1. The van der Waals surface area contributed by atoms with Gasteiger partial charge in [-0.1, -0.05) is 0 Å². The number of hydrogen-bond acceptors (Lipinski definition) is 4. The van der Waals surface area contributed by atoms with Crippen LogP contribution >= 0.6 is 0 Å². The van der Waals surface area contributed by atoms with Gasteiger partial charge in [0.1, 0.15) is 0 Å². The molecule has 0 aromatic heterocycles. The number of likely N-dealkylation sites (N-methyl/N-ethyl adjacent to an activating group) is 1. The Morgan fingerprint density at radius 3 is 2.43 bits per heavy atom. The Kier molecular flexibility index (Phi) is 5.63. The van der Waals surface area contributed by atoms with Crippen LogP contribution in [0.3, 0.4) is 0 Å². The van der Waals surface area contributed by atoms with Crippen molar-refractivity contribution in [3.8, 4) is 0 Å². The number of likely N-dealkylation sites (tertiary alicyclic amines) is 1. The third kappa shape index (κ3) is 3.96. The Morgan fingerprint density at radius 1 is 1.24 bits per heavy atom. The van der Waals surface area contributed by atoms with Gasteiger partial charge in [-0.15, -0.1) is 0 Å². The molecule has 0 unspecified atom stereocenters. The van der Waals surface area contributed by atoms with Crippen LogP contribution in [0.5, 0.6) is 0 Å². The van der Waals surface area contributed by atoms with E-state index >= 15 is 0 Å². The predicted molar refractivity (Wildman–Crippen MR) is 84.3 cm³/mol. The van der Waals surface area contributed by atoms with Crippen molar-refractivity contribution < 1.29 is 9.53 Å². The molecule has 5 nitrogen and oxygen atoms in total. The summed E-state index contributed by atoms with van der Waals surface area (Å²) >= 11 is 0. The van der Waals surface area contributed by atoms with Crippen LogP contribution in [-0.2, 0) is 9.53 Å². The van der Waals surface area contributed by atoms with Gasteiger partial charge in [0, 0.05) is 25.2 Å². The molecule has 0 aromatic rings.